The summed E-state index contributed by atoms with van der Waals surface area (Å²) < 4.78 is 6.59. The minimum absolute atomic E-state index is 0.0700. The molecule has 26 heavy (non-hydrogen) atoms. The van der Waals surface area contributed by atoms with Gasteiger partial charge in [0.15, 0.2) is 6.10 Å². The monoisotopic (exact) mass is 362 g/mol. The molecule has 0 fully saturated rings. The predicted molar refractivity (Wildman–Crippen MR) is 108 cm³/mol. The first-order valence-corrected chi connectivity index (χ1v) is 10.0. The van der Waals surface area contributed by atoms with Crippen LogP contribution in [-0.4, -0.2) is 14.1 Å². The summed E-state index contributed by atoms with van der Waals surface area (Å²) in [4.78, 5) is 2.71. The van der Waals surface area contributed by atoms with Crippen LogP contribution in [0.2, 0.25) is 0 Å². The van der Waals surface area contributed by atoms with Crippen LogP contribution < -0.4 is 9.64 Å². The van der Waals surface area contributed by atoms with Gasteiger partial charge in [0, 0.05) is 27.3 Å². The van der Waals surface area contributed by atoms with Crippen LogP contribution in [0.1, 0.15) is 28.4 Å². The van der Waals surface area contributed by atoms with E-state index >= 15 is 0 Å². The lowest BCUT2D eigenvalue weighted by Gasteiger charge is -2.22. The Morgan fingerprint density at radius 1 is 0.923 bits per heavy atom. The van der Waals surface area contributed by atoms with Gasteiger partial charge < -0.3 is 9.64 Å². The summed E-state index contributed by atoms with van der Waals surface area (Å²) >= 11 is 1.89. The van der Waals surface area contributed by atoms with Gasteiger partial charge in [0.05, 0.1) is 14.1 Å². The van der Waals surface area contributed by atoms with E-state index in [0.717, 1.165) is 18.0 Å². The van der Waals surface area contributed by atoms with E-state index in [0.29, 0.717) is 0 Å². The number of benzene rings is 3. The minimum atomic E-state index is -0.0700. The number of hydrogen-bond acceptors (Lipinski definition) is 2. The Balaban J connectivity index is 1.74. The molecule has 1 N–H and O–H groups in total. The normalized spacial score (nSPS) is 15.9. The Morgan fingerprint density at radius 2 is 1.69 bits per heavy atom. The van der Waals surface area contributed by atoms with Crippen molar-refractivity contribution >= 4 is 11.8 Å². The van der Waals surface area contributed by atoms with Gasteiger partial charge in [-0.15, -0.1) is 11.8 Å². The molecule has 0 radical (unpaired) electrons. The van der Waals surface area contributed by atoms with Gasteiger partial charge in [-0.3, -0.25) is 0 Å². The van der Waals surface area contributed by atoms with E-state index in [-0.39, 0.29) is 6.10 Å². The van der Waals surface area contributed by atoms with Crippen molar-refractivity contribution in [2.24, 2.45) is 0 Å². The molecule has 3 aromatic carbocycles. The van der Waals surface area contributed by atoms with Crippen molar-refractivity contribution in [2.45, 2.75) is 23.3 Å². The van der Waals surface area contributed by atoms with Crippen molar-refractivity contribution in [2.75, 3.05) is 14.1 Å². The molecule has 1 heterocycles. The summed E-state index contributed by atoms with van der Waals surface area (Å²) in [6.45, 7) is 0.991. The molecule has 3 aromatic rings. The van der Waals surface area contributed by atoms with Gasteiger partial charge in [0.25, 0.3) is 0 Å². The molecule has 3 heteroatoms. The zero-order chi connectivity index (χ0) is 17.9. The summed E-state index contributed by atoms with van der Waals surface area (Å²) in [7, 11) is 4.34. The topological polar surface area (TPSA) is 13.7 Å². The first-order valence-electron chi connectivity index (χ1n) is 9.05. The van der Waals surface area contributed by atoms with Crippen LogP contribution in [-0.2, 0) is 12.3 Å². The summed E-state index contributed by atoms with van der Waals surface area (Å²) in [5.41, 5.74) is 5.18. The average Bonchev–Trinajstić information content (AvgIpc) is 2.80. The molecule has 0 unspecified atom stereocenters. The number of ether oxygens (including phenoxy) is 1. The van der Waals surface area contributed by atoms with E-state index in [4.69, 9.17) is 4.74 Å². The molecule has 0 bridgehead atoms. The summed E-state index contributed by atoms with van der Waals surface area (Å²) in [6, 6.07) is 25.8. The molecular weight excluding hydrogens is 338 g/mol. The maximum Gasteiger partial charge on any atom is 0.150 e. The Labute approximate surface area is 159 Å². The first-order chi connectivity index (χ1) is 12.7. The lowest BCUT2D eigenvalue weighted by Crippen LogP contribution is -3.04. The molecule has 0 saturated heterocycles. The molecule has 0 aliphatic carbocycles. The highest BCUT2D eigenvalue weighted by molar-refractivity contribution is 7.98. The number of hydrogen-bond donors (Lipinski definition) is 1. The van der Waals surface area contributed by atoms with Crippen molar-refractivity contribution in [1.29, 1.82) is 0 Å². The summed E-state index contributed by atoms with van der Waals surface area (Å²) in [6.07, 6.45) is -0.0700. The third-order valence-corrected chi connectivity index (χ3v) is 5.77. The Morgan fingerprint density at radius 3 is 2.54 bits per heavy atom. The van der Waals surface area contributed by atoms with Crippen LogP contribution in [0.15, 0.2) is 77.7 Å². The lowest BCUT2D eigenvalue weighted by atomic mass is 9.97. The van der Waals surface area contributed by atoms with E-state index < -0.39 is 0 Å². The van der Waals surface area contributed by atoms with Gasteiger partial charge >= 0.3 is 0 Å². The molecule has 132 valence electrons. The third-order valence-electron chi connectivity index (χ3n) is 4.63. The minimum Gasteiger partial charge on any atom is -0.481 e. The summed E-state index contributed by atoms with van der Waals surface area (Å²) in [5, 5.41) is 0. The molecule has 1 aliphatic heterocycles. The highest BCUT2D eigenvalue weighted by atomic mass is 32.2. The molecule has 0 amide bonds. The number of nitrogens with one attached hydrogen (secondary N) is 1. The molecule has 2 nitrogen and oxygen atoms in total. The fourth-order valence-corrected chi connectivity index (χ4v) is 4.56. The Kier molecular flexibility index (Phi) is 5.00. The summed E-state index contributed by atoms with van der Waals surface area (Å²) in [5.74, 6) is 1.92. The largest absolute Gasteiger partial charge is 0.481 e. The smallest absolute Gasteiger partial charge is 0.150 e. The fourth-order valence-electron chi connectivity index (χ4n) is 3.47. The maximum absolute atomic E-state index is 6.59. The predicted octanol–water partition coefficient (Wildman–Crippen LogP) is 4.11. The molecule has 0 saturated carbocycles. The first kappa shape index (κ1) is 17.2. The Hall–Kier alpha value is -2.23. The lowest BCUT2D eigenvalue weighted by molar-refractivity contribution is -0.872. The second-order valence-electron chi connectivity index (χ2n) is 7.05. The van der Waals surface area contributed by atoms with Gasteiger partial charge in [-0.1, -0.05) is 54.6 Å². The zero-order valence-electron chi connectivity index (χ0n) is 15.2. The maximum atomic E-state index is 6.59. The van der Waals surface area contributed by atoms with Crippen LogP contribution in [0, 0.1) is 0 Å². The van der Waals surface area contributed by atoms with E-state index in [9.17, 15) is 0 Å². The van der Waals surface area contributed by atoms with Crippen LogP contribution in [0.5, 0.6) is 5.75 Å². The third kappa shape index (κ3) is 3.64. The van der Waals surface area contributed by atoms with Crippen molar-refractivity contribution in [3.05, 3.63) is 95.1 Å². The zero-order valence-corrected chi connectivity index (χ0v) is 16.1. The van der Waals surface area contributed by atoms with Crippen molar-refractivity contribution in [1.82, 2.24) is 0 Å². The van der Waals surface area contributed by atoms with Crippen LogP contribution in [0.25, 0.3) is 0 Å². The molecule has 4 rings (SSSR count). The SMILES string of the molecule is C[NH+](C)Cc1cccc(O[C@H]2c3ccccc3CSc3ccccc32)c1. The van der Waals surface area contributed by atoms with Crippen LogP contribution in [0.3, 0.4) is 0 Å². The highest BCUT2D eigenvalue weighted by Crippen LogP contribution is 2.41. The van der Waals surface area contributed by atoms with Gasteiger partial charge in [0.1, 0.15) is 12.3 Å². The average molecular weight is 363 g/mol. The van der Waals surface area contributed by atoms with E-state index in [1.165, 1.54) is 32.0 Å². The number of fused-ring (bicyclic) bond motifs is 2. The molecule has 1 aliphatic rings. The standard InChI is InChI=1S/C23H23NOS/c1-24(2)15-17-8-7-10-19(14-17)25-23-20-11-4-3-9-18(20)16-26-22-13-6-5-12-21(22)23/h3-14,23H,15-16H2,1-2H3/p+1/t23-/m0/s1. The van der Waals surface area contributed by atoms with Crippen molar-refractivity contribution < 1.29 is 9.64 Å². The fraction of sp³-hybridized carbons (Fsp3) is 0.217. The second-order valence-corrected chi connectivity index (χ2v) is 8.07. The molecule has 0 aromatic heterocycles. The number of thioether (sulfide) groups is 1. The van der Waals surface area contributed by atoms with Gasteiger partial charge in [-0.2, -0.15) is 0 Å². The quantitative estimate of drug-likeness (QED) is 0.751. The van der Waals surface area contributed by atoms with Gasteiger partial charge in [-0.25, -0.2) is 0 Å². The van der Waals surface area contributed by atoms with Gasteiger partial charge in [-0.05, 0) is 23.8 Å². The van der Waals surface area contributed by atoms with Crippen LogP contribution >= 0.6 is 11.8 Å². The van der Waals surface area contributed by atoms with Crippen molar-refractivity contribution in [3.8, 4) is 5.75 Å². The second kappa shape index (κ2) is 7.56. The van der Waals surface area contributed by atoms with Crippen molar-refractivity contribution in [3.63, 3.8) is 0 Å². The molecular formula is C23H24NOS+. The number of rotatable bonds is 4. The van der Waals surface area contributed by atoms with E-state index in [1.54, 1.807) is 0 Å². The van der Waals surface area contributed by atoms with E-state index in [2.05, 4.69) is 86.9 Å². The van der Waals surface area contributed by atoms with Gasteiger partial charge in [0.2, 0.25) is 0 Å². The number of quaternary nitrogens is 1. The highest BCUT2D eigenvalue weighted by Gasteiger charge is 2.25. The Bertz CT molecular complexity index is 858. The molecule has 0 spiro atoms. The van der Waals surface area contributed by atoms with E-state index in [1.807, 2.05) is 11.8 Å². The van der Waals surface area contributed by atoms with Crippen LogP contribution in [0.4, 0.5) is 0 Å². The molecule has 1 atom stereocenters.